The smallest absolute Gasteiger partial charge is 0.276 e. The lowest BCUT2D eigenvalue weighted by molar-refractivity contribution is 0.0982. The van der Waals surface area contributed by atoms with Crippen LogP contribution in [0.1, 0.15) is 23.2 Å². The van der Waals surface area contributed by atoms with Crippen molar-refractivity contribution >= 4 is 33.5 Å². The predicted octanol–water partition coefficient (Wildman–Crippen LogP) is 5.25. The number of Topliss-reactive ketones (excluding diaryl/α,β-unsaturated/α-hetero) is 1. The van der Waals surface area contributed by atoms with Crippen molar-refractivity contribution in [3.05, 3.63) is 64.6 Å². The zero-order valence-corrected chi connectivity index (χ0v) is 15.2. The topological polar surface area (TPSA) is 56.0 Å². The van der Waals surface area contributed by atoms with Crippen molar-refractivity contribution in [2.75, 3.05) is 5.75 Å². The molecule has 0 saturated carbocycles. The normalized spacial score (nSPS) is 10.7. The highest BCUT2D eigenvalue weighted by atomic mass is 79.9. The highest BCUT2D eigenvalue weighted by molar-refractivity contribution is 9.10. The van der Waals surface area contributed by atoms with Crippen LogP contribution < -0.4 is 0 Å². The highest BCUT2D eigenvalue weighted by Crippen LogP contribution is 2.25. The van der Waals surface area contributed by atoms with Gasteiger partial charge >= 0.3 is 0 Å². The second-order valence-electron chi connectivity index (χ2n) is 5.12. The van der Waals surface area contributed by atoms with Crippen LogP contribution in [-0.4, -0.2) is 21.7 Å². The van der Waals surface area contributed by atoms with E-state index in [0.717, 1.165) is 27.8 Å². The maximum Gasteiger partial charge on any atom is 0.276 e. The predicted molar refractivity (Wildman–Crippen MR) is 98.2 cm³/mol. The van der Waals surface area contributed by atoms with Crippen LogP contribution in [-0.2, 0) is 0 Å². The van der Waals surface area contributed by atoms with E-state index in [1.54, 1.807) is 0 Å². The van der Waals surface area contributed by atoms with Crippen LogP contribution in [0.2, 0.25) is 0 Å². The monoisotopic (exact) mass is 402 g/mol. The van der Waals surface area contributed by atoms with Crippen LogP contribution in [0, 0.1) is 0 Å². The Labute approximate surface area is 152 Å². The molecule has 1 heterocycles. The van der Waals surface area contributed by atoms with Gasteiger partial charge in [0.05, 0.1) is 0 Å². The number of hydrogen-bond donors (Lipinski definition) is 0. The first-order valence-corrected chi connectivity index (χ1v) is 9.31. The van der Waals surface area contributed by atoms with Crippen LogP contribution in [0.5, 0.6) is 0 Å². The second kappa shape index (κ2) is 8.26. The van der Waals surface area contributed by atoms with E-state index in [9.17, 15) is 4.79 Å². The fraction of sp³-hybridized carbons (Fsp3) is 0.167. The van der Waals surface area contributed by atoms with Gasteiger partial charge in [-0.05, 0) is 30.7 Å². The molecule has 0 radical (unpaired) electrons. The Bertz CT molecular complexity index is 803. The first-order valence-electron chi connectivity index (χ1n) is 7.53. The van der Waals surface area contributed by atoms with Crippen LogP contribution in [0.15, 0.2) is 68.7 Å². The standard InChI is InChI=1S/C18H15BrN2O2S/c19-15-10-8-14(9-11-15)17-20-21-18(23-17)24-12-4-7-16(22)13-5-2-1-3-6-13/h1-3,5-6,8-11H,4,7,12H2. The molecule has 6 heteroatoms. The summed E-state index contributed by atoms with van der Waals surface area (Å²) in [6.07, 6.45) is 1.29. The van der Waals surface area contributed by atoms with Gasteiger partial charge in [0.25, 0.3) is 5.22 Å². The molecule has 0 bridgehead atoms. The van der Waals surface area contributed by atoms with Gasteiger partial charge in [-0.3, -0.25) is 4.79 Å². The Kier molecular flexibility index (Phi) is 5.82. The van der Waals surface area contributed by atoms with Crippen LogP contribution >= 0.6 is 27.7 Å². The molecule has 0 saturated heterocycles. The van der Waals surface area contributed by atoms with Crippen molar-refractivity contribution < 1.29 is 9.21 Å². The molecule has 1 aromatic heterocycles. The Morgan fingerprint density at radius 3 is 2.54 bits per heavy atom. The van der Waals surface area contributed by atoms with Crippen molar-refractivity contribution in [3.63, 3.8) is 0 Å². The molecule has 24 heavy (non-hydrogen) atoms. The Morgan fingerprint density at radius 1 is 1.04 bits per heavy atom. The molecule has 0 fully saturated rings. The van der Waals surface area contributed by atoms with E-state index < -0.39 is 0 Å². The lowest BCUT2D eigenvalue weighted by Crippen LogP contribution is -1.99. The van der Waals surface area contributed by atoms with Gasteiger partial charge < -0.3 is 4.42 Å². The summed E-state index contributed by atoms with van der Waals surface area (Å²) in [4.78, 5) is 12.0. The average Bonchev–Trinajstić information content (AvgIpc) is 3.09. The molecule has 0 aliphatic heterocycles. The minimum absolute atomic E-state index is 0.164. The van der Waals surface area contributed by atoms with Gasteiger partial charge in [-0.2, -0.15) is 0 Å². The fourth-order valence-corrected chi connectivity index (χ4v) is 3.10. The van der Waals surface area contributed by atoms with Crippen LogP contribution in [0.25, 0.3) is 11.5 Å². The number of benzene rings is 2. The lowest BCUT2D eigenvalue weighted by atomic mass is 10.1. The average molecular weight is 403 g/mol. The third kappa shape index (κ3) is 4.55. The summed E-state index contributed by atoms with van der Waals surface area (Å²) >= 11 is 4.87. The van der Waals surface area contributed by atoms with Crippen molar-refractivity contribution in [3.8, 4) is 11.5 Å². The molecule has 122 valence electrons. The fourth-order valence-electron chi connectivity index (χ4n) is 2.14. The molecule has 0 atom stereocenters. The van der Waals surface area contributed by atoms with Gasteiger partial charge in [0.1, 0.15) is 0 Å². The first kappa shape index (κ1) is 16.9. The summed E-state index contributed by atoms with van der Waals surface area (Å²) < 4.78 is 6.64. The van der Waals surface area contributed by atoms with E-state index in [4.69, 9.17) is 4.42 Å². The summed E-state index contributed by atoms with van der Waals surface area (Å²) in [6.45, 7) is 0. The minimum Gasteiger partial charge on any atom is -0.411 e. The Hall–Kier alpha value is -1.92. The molecule has 0 spiro atoms. The molecule has 0 aliphatic rings. The van der Waals surface area contributed by atoms with E-state index >= 15 is 0 Å². The van der Waals surface area contributed by atoms with E-state index in [1.165, 1.54) is 11.8 Å². The van der Waals surface area contributed by atoms with Crippen LogP contribution in [0.3, 0.4) is 0 Å². The van der Waals surface area contributed by atoms with E-state index in [2.05, 4.69) is 26.1 Å². The molecule has 3 aromatic rings. The number of aromatic nitrogens is 2. The number of thioether (sulfide) groups is 1. The number of halogens is 1. The van der Waals surface area contributed by atoms with Crippen molar-refractivity contribution in [1.82, 2.24) is 10.2 Å². The highest BCUT2D eigenvalue weighted by Gasteiger charge is 2.10. The number of carbonyl (C=O) groups excluding carboxylic acids is 1. The van der Waals surface area contributed by atoms with Crippen LogP contribution in [0.4, 0.5) is 0 Å². The molecule has 3 rings (SSSR count). The van der Waals surface area contributed by atoms with Crippen molar-refractivity contribution in [2.24, 2.45) is 0 Å². The Balaban J connectivity index is 1.47. The second-order valence-corrected chi connectivity index (χ2v) is 7.08. The molecule has 0 unspecified atom stereocenters. The van der Waals surface area contributed by atoms with Gasteiger partial charge in [0, 0.05) is 27.8 Å². The van der Waals surface area contributed by atoms with Gasteiger partial charge in [-0.15, -0.1) is 10.2 Å². The molecule has 4 nitrogen and oxygen atoms in total. The summed E-state index contributed by atoms with van der Waals surface area (Å²) in [7, 11) is 0. The van der Waals surface area contributed by atoms with Crippen molar-refractivity contribution in [2.45, 2.75) is 18.1 Å². The molecule has 0 N–H and O–H groups in total. The third-order valence-corrected chi connectivity index (χ3v) is 4.80. The molecule has 0 aliphatic carbocycles. The summed E-state index contributed by atoms with van der Waals surface area (Å²) in [6, 6.07) is 17.1. The third-order valence-electron chi connectivity index (χ3n) is 3.37. The maximum atomic E-state index is 12.0. The number of nitrogens with zero attached hydrogens (tertiary/aromatic N) is 2. The summed E-state index contributed by atoms with van der Waals surface area (Å²) in [5.74, 6) is 1.43. The zero-order valence-electron chi connectivity index (χ0n) is 12.8. The SMILES string of the molecule is O=C(CCCSc1nnc(-c2ccc(Br)cc2)o1)c1ccccc1. The van der Waals surface area contributed by atoms with Gasteiger partial charge in [-0.25, -0.2) is 0 Å². The van der Waals surface area contributed by atoms with E-state index in [1.807, 2.05) is 54.6 Å². The van der Waals surface area contributed by atoms with Gasteiger partial charge in [-0.1, -0.05) is 58.0 Å². The summed E-state index contributed by atoms with van der Waals surface area (Å²) in [5.41, 5.74) is 1.65. The summed E-state index contributed by atoms with van der Waals surface area (Å²) in [5, 5.41) is 8.63. The number of ketones is 1. The Morgan fingerprint density at radius 2 is 1.79 bits per heavy atom. The lowest BCUT2D eigenvalue weighted by Gasteiger charge is -1.99. The number of rotatable bonds is 7. The largest absolute Gasteiger partial charge is 0.411 e. The quantitative estimate of drug-likeness (QED) is 0.306. The zero-order chi connectivity index (χ0) is 16.8. The van der Waals surface area contributed by atoms with Gasteiger partial charge in [0.15, 0.2) is 5.78 Å². The molecule has 2 aromatic carbocycles. The van der Waals surface area contributed by atoms with E-state index in [-0.39, 0.29) is 5.78 Å². The molecular weight excluding hydrogens is 388 g/mol. The first-order chi connectivity index (χ1) is 11.7. The number of hydrogen-bond acceptors (Lipinski definition) is 5. The molecular formula is C18H15BrN2O2S. The molecule has 0 amide bonds. The van der Waals surface area contributed by atoms with E-state index in [0.29, 0.717) is 17.5 Å². The van der Waals surface area contributed by atoms with Gasteiger partial charge in [0.2, 0.25) is 5.89 Å². The van der Waals surface area contributed by atoms with Crippen molar-refractivity contribution in [1.29, 1.82) is 0 Å². The number of carbonyl (C=O) groups is 1. The minimum atomic E-state index is 0.164. The maximum absolute atomic E-state index is 12.0.